The summed E-state index contributed by atoms with van der Waals surface area (Å²) < 4.78 is 5.32. The molecule has 0 spiro atoms. The summed E-state index contributed by atoms with van der Waals surface area (Å²) in [6, 6.07) is 3.68. The number of H-pyrrole nitrogens is 1. The number of likely N-dealkylation sites (tertiary alicyclic amines) is 1. The van der Waals surface area contributed by atoms with Crippen LogP contribution in [0, 0.1) is 5.41 Å². The van der Waals surface area contributed by atoms with Crippen molar-refractivity contribution in [3.8, 4) is 11.6 Å². The van der Waals surface area contributed by atoms with E-state index in [1.54, 1.807) is 6.26 Å². The third-order valence-electron chi connectivity index (χ3n) is 4.83. The van der Waals surface area contributed by atoms with Crippen LogP contribution in [0.5, 0.6) is 0 Å². The lowest BCUT2D eigenvalue weighted by atomic mass is 9.78. The van der Waals surface area contributed by atoms with Crippen molar-refractivity contribution in [2.75, 3.05) is 20.1 Å². The second-order valence-corrected chi connectivity index (χ2v) is 7.07. The zero-order chi connectivity index (χ0) is 17.7. The Bertz CT molecular complexity index is 694. The Balaban J connectivity index is 0.00000243. The molecule has 1 aliphatic heterocycles. The lowest BCUT2D eigenvalue weighted by Crippen LogP contribution is -2.49. The molecule has 3 heterocycles. The van der Waals surface area contributed by atoms with Gasteiger partial charge in [0.1, 0.15) is 5.82 Å². The zero-order valence-corrected chi connectivity index (χ0v) is 18.1. The van der Waals surface area contributed by atoms with Crippen LogP contribution in [0.2, 0.25) is 0 Å². The number of aromatic nitrogens is 3. The number of nitrogens with one attached hydrogen (secondary N) is 2. The van der Waals surface area contributed by atoms with E-state index in [4.69, 9.17) is 4.42 Å². The van der Waals surface area contributed by atoms with Gasteiger partial charge in [0.2, 0.25) is 5.82 Å². The maximum absolute atomic E-state index is 5.32. The highest BCUT2D eigenvalue weighted by molar-refractivity contribution is 14.0. The summed E-state index contributed by atoms with van der Waals surface area (Å²) in [4.78, 5) is 11.3. The van der Waals surface area contributed by atoms with Gasteiger partial charge in [-0.2, -0.15) is 0 Å². The van der Waals surface area contributed by atoms with Gasteiger partial charge in [-0.25, -0.2) is 4.98 Å². The number of hydrogen-bond donors (Lipinski definition) is 2. The van der Waals surface area contributed by atoms with Crippen LogP contribution < -0.4 is 5.32 Å². The molecule has 26 heavy (non-hydrogen) atoms. The fourth-order valence-corrected chi connectivity index (χ4v) is 3.69. The molecule has 1 atom stereocenters. The highest BCUT2D eigenvalue weighted by Gasteiger charge is 2.31. The molecule has 7 nitrogen and oxygen atoms in total. The summed E-state index contributed by atoms with van der Waals surface area (Å²) in [6.45, 7) is 7.31. The lowest BCUT2D eigenvalue weighted by molar-refractivity contribution is 0.142. The SMILES string of the molecule is CCCC1(C)CCCN(C(=NC)NCc2nc(-c3ccco3)n[nH]2)C1.I. The van der Waals surface area contributed by atoms with Gasteiger partial charge in [-0.1, -0.05) is 20.3 Å². The predicted molar refractivity (Wildman–Crippen MR) is 114 cm³/mol. The maximum atomic E-state index is 5.32. The van der Waals surface area contributed by atoms with E-state index >= 15 is 0 Å². The molecule has 2 N–H and O–H groups in total. The van der Waals surface area contributed by atoms with Crippen LogP contribution in [-0.2, 0) is 6.54 Å². The van der Waals surface area contributed by atoms with Crippen LogP contribution in [0.15, 0.2) is 27.8 Å². The molecule has 0 saturated carbocycles. The predicted octanol–water partition coefficient (Wildman–Crippen LogP) is 3.66. The van der Waals surface area contributed by atoms with Crippen molar-refractivity contribution in [2.24, 2.45) is 10.4 Å². The fraction of sp³-hybridized carbons (Fsp3) is 0.611. The molecule has 2 aromatic rings. The van der Waals surface area contributed by atoms with E-state index in [0.717, 1.165) is 24.9 Å². The Kier molecular flexibility index (Phi) is 7.48. The Hall–Kier alpha value is -1.58. The lowest BCUT2D eigenvalue weighted by Gasteiger charge is -2.42. The standard InChI is InChI=1S/C18H28N6O.HI/c1-4-8-18(2)9-6-10-24(13-18)17(19-3)20-12-15-21-16(23-22-15)14-7-5-11-25-14;/h5,7,11H,4,6,8-10,12-13H2,1-3H3,(H,19,20)(H,21,22,23);1H. The molecule has 2 aromatic heterocycles. The minimum atomic E-state index is 0. The Morgan fingerprint density at radius 1 is 1.50 bits per heavy atom. The number of furan rings is 1. The van der Waals surface area contributed by atoms with Crippen molar-refractivity contribution in [2.45, 2.75) is 46.1 Å². The molecule has 0 radical (unpaired) electrons. The Morgan fingerprint density at radius 2 is 2.35 bits per heavy atom. The van der Waals surface area contributed by atoms with Gasteiger partial charge in [0.25, 0.3) is 0 Å². The first-order valence-electron chi connectivity index (χ1n) is 9.04. The number of aromatic amines is 1. The number of aliphatic imine (C=N–C) groups is 1. The quantitative estimate of drug-likeness (QED) is 0.395. The number of guanidine groups is 1. The number of hydrogen-bond acceptors (Lipinski definition) is 4. The van der Waals surface area contributed by atoms with Crippen molar-refractivity contribution in [1.82, 2.24) is 25.4 Å². The van der Waals surface area contributed by atoms with Crippen LogP contribution in [0.1, 0.15) is 45.4 Å². The molecule has 8 heteroatoms. The molecule has 3 rings (SSSR count). The van der Waals surface area contributed by atoms with Crippen molar-refractivity contribution >= 4 is 29.9 Å². The molecular weight excluding hydrogens is 443 g/mol. The number of halogens is 1. The molecule has 144 valence electrons. The summed E-state index contributed by atoms with van der Waals surface area (Å²) in [5.74, 6) is 2.93. The van der Waals surface area contributed by atoms with Crippen molar-refractivity contribution in [3.05, 3.63) is 24.2 Å². The molecule has 1 aliphatic rings. The van der Waals surface area contributed by atoms with Gasteiger partial charge >= 0.3 is 0 Å². The molecule has 0 aromatic carbocycles. The van der Waals surface area contributed by atoms with E-state index in [0.29, 0.717) is 23.5 Å². The molecular formula is C18H29IN6O. The first-order valence-corrected chi connectivity index (χ1v) is 9.04. The topological polar surface area (TPSA) is 82.3 Å². The average molecular weight is 472 g/mol. The fourth-order valence-electron chi connectivity index (χ4n) is 3.69. The number of nitrogens with zero attached hydrogens (tertiary/aromatic N) is 4. The van der Waals surface area contributed by atoms with Crippen molar-refractivity contribution < 1.29 is 4.42 Å². The summed E-state index contributed by atoms with van der Waals surface area (Å²) in [6.07, 6.45) is 6.61. The van der Waals surface area contributed by atoms with Gasteiger partial charge in [-0.05, 0) is 36.8 Å². The first kappa shape index (κ1) is 20.7. The second kappa shape index (κ2) is 9.38. The van der Waals surface area contributed by atoms with Crippen LogP contribution in [-0.4, -0.2) is 46.2 Å². The normalized spacial score (nSPS) is 20.7. The van der Waals surface area contributed by atoms with Crippen molar-refractivity contribution in [3.63, 3.8) is 0 Å². The van der Waals surface area contributed by atoms with Crippen LogP contribution in [0.4, 0.5) is 0 Å². The Labute approximate surface area is 172 Å². The summed E-state index contributed by atoms with van der Waals surface area (Å²) >= 11 is 0. The van der Waals surface area contributed by atoms with Crippen LogP contribution in [0.3, 0.4) is 0 Å². The average Bonchev–Trinajstić information content (AvgIpc) is 3.27. The first-order chi connectivity index (χ1) is 12.1. The van der Waals surface area contributed by atoms with Gasteiger partial charge in [-0.3, -0.25) is 10.1 Å². The van der Waals surface area contributed by atoms with Gasteiger partial charge in [0.15, 0.2) is 11.7 Å². The molecule has 0 amide bonds. The number of rotatable bonds is 5. The monoisotopic (exact) mass is 472 g/mol. The van der Waals surface area contributed by atoms with E-state index in [2.05, 4.69) is 44.2 Å². The third kappa shape index (κ3) is 4.99. The Morgan fingerprint density at radius 3 is 3.04 bits per heavy atom. The van der Waals surface area contributed by atoms with E-state index in [9.17, 15) is 0 Å². The summed E-state index contributed by atoms with van der Waals surface area (Å²) in [7, 11) is 1.84. The minimum absolute atomic E-state index is 0. The molecule has 1 unspecified atom stereocenters. The number of piperidine rings is 1. The highest BCUT2D eigenvalue weighted by atomic mass is 127. The van der Waals surface area contributed by atoms with Gasteiger partial charge < -0.3 is 14.6 Å². The van der Waals surface area contributed by atoms with Crippen LogP contribution >= 0.6 is 24.0 Å². The molecule has 0 bridgehead atoms. The zero-order valence-electron chi connectivity index (χ0n) is 15.8. The largest absolute Gasteiger partial charge is 0.461 e. The van der Waals surface area contributed by atoms with Crippen LogP contribution in [0.25, 0.3) is 11.6 Å². The smallest absolute Gasteiger partial charge is 0.216 e. The maximum Gasteiger partial charge on any atom is 0.216 e. The summed E-state index contributed by atoms with van der Waals surface area (Å²) in [5.41, 5.74) is 0.378. The van der Waals surface area contributed by atoms with Gasteiger partial charge in [0.05, 0.1) is 12.8 Å². The summed E-state index contributed by atoms with van der Waals surface area (Å²) in [5, 5.41) is 10.6. The van der Waals surface area contributed by atoms with E-state index < -0.39 is 0 Å². The van der Waals surface area contributed by atoms with E-state index in [-0.39, 0.29) is 24.0 Å². The molecule has 1 fully saturated rings. The van der Waals surface area contributed by atoms with Gasteiger partial charge in [-0.15, -0.1) is 29.1 Å². The van der Waals surface area contributed by atoms with E-state index in [1.807, 2.05) is 19.2 Å². The molecule has 0 aliphatic carbocycles. The van der Waals surface area contributed by atoms with Crippen molar-refractivity contribution in [1.29, 1.82) is 0 Å². The molecule has 1 saturated heterocycles. The van der Waals surface area contributed by atoms with E-state index in [1.165, 1.54) is 25.7 Å². The third-order valence-corrected chi connectivity index (χ3v) is 4.83. The van der Waals surface area contributed by atoms with Gasteiger partial charge in [0, 0.05) is 20.1 Å². The highest BCUT2D eigenvalue weighted by Crippen LogP contribution is 2.33. The minimum Gasteiger partial charge on any atom is -0.461 e. The second-order valence-electron chi connectivity index (χ2n) is 7.07.